The lowest BCUT2D eigenvalue weighted by molar-refractivity contribution is 0.0953. The molecular weight excluding hydrogens is 326 g/mol. The van der Waals surface area contributed by atoms with Crippen molar-refractivity contribution in [3.05, 3.63) is 59.2 Å². The Morgan fingerprint density at radius 3 is 2.69 bits per heavy atom. The van der Waals surface area contributed by atoms with Crippen LogP contribution in [-0.2, 0) is 13.0 Å². The minimum atomic E-state index is -0.186. The molecule has 0 radical (unpaired) electrons. The third kappa shape index (κ3) is 4.37. The molecule has 2 aromatic rings. The number of carbonyl (C=O) groups excluding carboxylic acids is 1. The summed E-state index contributed by atoms with van der Waals surface area (Å²) in [6.07, 6.45) is 2.96. The number of carbonyl (C=O) groups is 1. The molecule has 138 valence electrons. The molecule has 1 aliphatic rings. The summed E-state index contributed by atoms with van der Waals surface area (Å²) in [5, 5.41) is 2.93. The van der Waals surface area contributed by atoms with E-state index in [-0.39, 0.29) is 11.5 Å². The Kier molecular flexibility index (Phi) is 5.50. The molecule has 0 bridgehead atoms. The van der Waals surface area contributed by atoms with Crippen molar-refractivity contribution in [3.63, 3.8) is 0 Å². The fourth-order valence-electron chi connectivity index (χ4n) is 3.10. The highest BCUT2D eigenvalue weighted by molar-refractivity contribution is 5.94. The minimum absolute atomic E-state index is 0.0255. The Balaban J connectivity index is 1.60. The van der Waals surface area contributed by atoms with Gasteiger partial charge in [-0.15, -0.1) is 0 Å². The number of amides is 1. The van der Waals surface area contributed by atoms with E-state index in [4.69, 9.17) is 9.47 Å². The second kappa shape index (κ2) is 7.81. The van der Waals surface area contributed by atoms with Gasteiger partial charge < -0.3 is 14.8 Å². The lowest BCUT2D eigenvalue weighted by Gasteiger charge is -2.18. The lowest BCUT2D eigenvalue weighted by Crippen LogP contribution is -2.24. The van der Waals surface area contributed by atoms with Gasteiger partial charge in [0, 0.05) is 24.1 Å². The van der Waals surface area contributed by atoms with Crippen molar-refractivity contribution in [1.82, 2.24) is 5.32 Å². The Hall–Kier alpha value is -2.49. The van der Waals surface area contributed by atoms with Gasteiger partial charge in [-0.05, 0) is 44.0 Å². The zero-order valence-electron chi connectivity index (χ0n) is 15.8. The summed E-state index contributed by atoms with van der Waals surface area (Å²) in [6, 6.07) is 13.6. The first kappa shape index (κ1) is 18.3. The van der Waals surface area contributed by atoms with Gasteiger partial charge in [-0.3, -0.25) is 4.79 Å². The fraction of sp³-hybridized carbons (Fsp3) is 0.409. The normalized spacial score (nSPS) is 14.4. The zero-order valence-corrected chi connectivity index (χ0v) is 15.8. The summed E-state index contributed by atoms with van der Waals surface area (Å²) >= 11 is 0. The number of benzene rings is 2. The predicted octanol–water partition coefficient (Wildman–Crippen LogP) is 4.51. The smallest absolute Gasteiger partial charge is 0.251 e. The van der Waals surface area contributed by atoms with E-state index < -0.39 is 0 Å². The van der Waals surface area contributed by atoms with Crippen LogP contribution in [0.15, 0.2) is 42.5 Å². The predicted molar refractivity (Wildman–Crippen MR) is 103 cm³/mol. The molecule has 2 aromatic carbocycles. The first-order valence-corrected chi connectivity index (χ1v) is 9.29. The highest BCUT2D eigenvalue weighted by Crippen LogP contribution is 2.41. The van der Waals surface area contributed by atoms with Gasteiger partial charge in [0.05, 0.1) is 0 Å². The number of para-hydroxylation sites is 1. The Labute approximate surface area is 155 Å². The molecule has 0 saturated heterocycles. The van der Waals surface area contributed by atoms with E-state index in [2.05, 4.69) is 32.2 Å². The molecule has 0 spiro atoms. The number of ether oxygens (including phenoxy) is 2. The van der Waals surface area contributed by atoms with Crippen LogP contribution in [0.1, 0.15) is 55.1 Å². The van der Waals surface area contributed by atoms with E-state index in [9.17, 15) is 4.79 Å². The van der Waals surface area contributed by atoms with E-state index in [0.717, 1.165) is 42.9 Å². The summed E-state index contributed by atoms with van der Waals surface area (Å²) in [6.45, 7) is 7.44. The third-order valence-electron chi connectivity index (χ3n) is 4.48. The average molecular weight is 353 g/mol. The molecule has 1 amide bonds. The highest BCUT2D eigenvalue weighted by Gasteiger charge is 2.32. The Morgan fingerprint density at radius 1 is 1.19 bits per heavy atom. The van der Waals surface area contributed by atoms with Gasteiger partial charge in [-0.25, -0.2) is 0 Å². The van der Waals surface area contributed by atoms with Crippen LogP contribution >= 0.6 is 0 Å². The van der Waals surface area contributed by atoms with Crippen LogP contribution in [-0.4, -0.2) is 18.1 Å². The van der Waals surface area contributed by atoms with Gasteiger partial charge in [-0.1, -0.05) is 37.6 Å². The Morgan fingerprint density at radius 2 is 1.96 bits per heavy atom. The van der Waals surface area contributed by atoms with Crippen molar-refractivity contribution in [3.8, 4) is 11.5 Å². The highest BCUT2D eigenvalue weighted by atomic mass is 16.5. The largest absolute Gasteiger partial charge is 0.485 e. The third-order valence-corrected chi connectivity index (χ3v) is 4.48. The number of hydrogen-bond acceptors (Lipinski definition) is 3. The number of rotatable bonds is 7. The van der Waals surface area contributed by atoms with E-state index in [1.54, 1.807) is 0 Å². The lowest BCUT2D eigenvalue weighted by atomic mass is 10.0. The monoisotopic (exact) mass is 353 g/mol. The van der Waals surface area contributed by atoms with Gasteiger partial charge in [-0.2, -0.15) is 0 Å². The number of hydrogen-bond donors (Lipinski definition) is 1. The van der Waals surface area contributed by atoms with Crippen LogP contribution in [0.2, 0.25) is 0 Å². The van der Waals surface area contributed by atoms with Gasteiger partial charge in [0.1, 0.15) is 12.2 Å². The maximum absolute atomic E-state index is 12.0. The summed E-state index contributed by atoms with van der Waals surface area (Å²) < 4.78 is 12.0. The maximum Gasteiger partial charge on any atom is 0.251 e. The molecule has 0 aliphatic carbocycles. The Bertz CT molecular complexity index is 765. The summed E-state index contributed by atoms with van der Waals surface area (Å²) in [5.41, 5.74) is 2.70. The molecule has 1 aliphatic heterocycles. The molecular formula is C22H27NO3. The van der Waals surface area contributed by atoms with E-state index in [1.165, 1.54) is 5.56 Å². The topological polar surface area (TPSA) is 47.6 Å². The first-order chi connectivity index (χ1) is 12.5. The van der Waals surface area contributed by atoms with Crippen LogP contribution in [0, 0.1) is 0 Å². The number of unbranched alkanes of at least 4 members (excludes halogenated alkanes) is 1. The van der Waals surface area contributed by atoms with Crippen molar-refractivity contribution in [1.29, 1.82) is 0 Å². The van der Waals surface area contributed by atoms with Crippen LogP contribution in [0.4, 0.5) is 0 Å². The molecule has 0 fully saturated rings. The van der Waals surface area contributed by atoms with Gasteiger partial charge in [0.2, 0.25) is 0 Å². The van der Waals surface area contributed by atoms with Crippen LogP contribution in [0.3, 0.4) is 0 Å². The first-order valence-electron chi connectivity index (χ1n) is 9.29. The molecule has 4 heteroatoms. The number of fused-ring (bicyclic) bond motifs is 1. The van der Waals surface area contributed by atoms with Gasteiger partial charge >= 0.3 is 0 Å². The molecule has 0 atom stereocenters. The molecule has 0 unspecified atom stereocenters. The van der Waals surface area contributed by atoms with Crippen molar-refractivity contribution in [2.75, 3.05) is 6.54 Å². The van der Waals surface area contributed by atoms with Crippen molar-refractivity contribution < 1.29 is 14.3 Å². The van der Waals surface area contributed by atoms with E-state index >= 15 is 0 Å². The van der Waals surface area contributed by atoms with E-state index in [1.807, 2.05) is 36.4 Å². The molecule has 0 aromatic heterocycles. The SMILES string of the molecule is CCCCNC(=O)c1ccc(COc2cccc3c2OC(C)(C)C3)cc1. The fourth-order valence-corrected chi connectivity index (χ4v) is 3.10. The second-order valence-electron chi connectivity index (χ2n) is 7.38. The van der Waals surface area contributed by atoms with E-state index in [0.29, 0.717) is 12.2 Å². The van der Waals surface area contributed by atoms with Gasteiger partial charge in [0.15, 0.2) is 11.5 Å². The molecule has 1 N–H and O–H groups in total. The van der Waals surface area contributed by atoms with Crippen LogP contribution in [0.5, 0.6) is 11.5 Å². The van der Waals surface area contributed by atoms with Crippen LogP contribution in [0.25, 0.3) is 0 Å². The summed E-state index contributed by atoms with van der Waals surface area (Å²) in [5.74, 6) is 1.60. The minimum Gasteiger partial charge on any atom is -0.485 e. The standard InChI is InChI=1S/C22H27NO3/c1-4-5-13-23-21(24)17-11-9-16(10-12-17)15-25-19-8-6-7-18-14-22(2,3)26-20(18)19/h6-12H,4-5,13-15H2,1-3H3,(H,23,24). The average Bonchev–Trinajstić information content (AvgIpc) is 2.95. The summed E-state index contributed by atoms with van der Waals surface area (Å²) in [4.78, 5) is 12.0. The summed E-state index contributed by atoms with van der Waals surface area (Å²) in [7, 11) is 0. The van der Waals surface area contributed by atoms with Crippen molar-refractivity contribution in [2.24, 2.45) is 0 Å². The number of nitrogens with one attached hydrogen (secondary N) is 1. The molecule has 3 rings (SSSR count). The molecule has 0 saturated carbocycles. The van der Waals surface area contributed by atoms with Gasteiger partial charge in [0.25, 0.3) is 5.91 Å². The maximum atomic E-state index is 12.0. The molecule has 26 heavy (non-hydrogen) atoms. The molecule has 1 heterocycles. The second-order valence-corrected chi connectivity index (χ2v) is 7.38. The van der Waals surface area contributed by atoms with Crippen LogP contribution < -0.4 is 14.8 Å². The van der Waals surface area contributed by atoms with Crippen molar-refractivity contribution in [2.45, 2.75) is 52.2 Å². The molecule has 4 nitrogen and oxygen atoms in total. The quantitative estimate of drug-likeness (QED) is 0.745. The zero-order chi connectivity index (χ0) is 18.6. The van der Waals surface area contributed by atoms with Crippen molar-refractivity contribution >= 4 is 5.91 Å².